The van der Waals surface area contributed by atoms with Gasteiger partial charge in [0.15, 0.2) is 0 Å². The Morgan fingerprint density at radius 3 is 2.67 bits per heavy atom. The van der Waals surface area contributed by atoms with E-state index in [9.17, 15) is 4.39 Å². The number of aromatic nitrogens is 3. The fourth-order valence-corrected chi connectivity index (χ4v) is 2.88. The van der Waals surface area contributed by atoms with Crippen LogP contribution < -0.4 is 10.1 Å². The van der Waals surface area contributed by atoms with Gasteiger partial charge in [-0.3, -0.25) is 4.98 Å². The fraction of sp³-hybridized carbons (Fsp3) is 0.250. The lowest BCUT2D eigenvalue weighted by Gasteiger charge is -2.23. The Morgan fingerprint density at radius 1 is 1.07 bits per heavy atom. The molecular weight excluding hydrogens is 347 g/mol. The average Bonchev–Trinajstić information content (AvgIpc) is 2.70. The van der Waals surface area contributed by atoms with E-state index in [0.29, 0.717) is 11.6 Å². The molecule has 27 heavy (non-hydrogen) atoms. The minimum atomic E-state index is -0.420. The lowest BCUT2D eigenvalue weighted by molar-refractivity contribution is 0.0256. The van der Waals surface area contributed by atoms with Gasteiger partial charge < -0.3 is 14.8 Å². The van der Waals surface area contributed by atoms with Crippen molar-refractivity contribution in [1.82, 2.24) is 15.0 Å². The van der Waals surface area contributed by atoms with E-state index < -0.39 is 5.82 Å². The number of ether oxygens (including phenoxy) is 2. The molecule has 2 aromatic heterocycles. The van der Waals surface area contributed by atoms with Crippen molar-refractivity contribution >= 4 is 11.6 Å². The molecule has 0 saturated carbocycles. The molecule has 6 nitrogen and oxygen atoms in total. The quantitative estimate of drug-likeness (QED) is 0.737. The van der Waals surface area contributed by atoms with Gasteiger partial charge in [-0.1, -0.05) is 0 Å². The van der Waals surface area contributed by atoms with Gasteiger partial charge in [0.25, 0.3) is 0 Å². The van der Waals surface area contributed by atoms with Crippen molar-refractivity contribution in [1.29, 1.82) is 0 Å². The Kier molecular flexibility index (Phi) is 5.20. The molecule has 1 aliphatic heterocycles. The van der Waals surface area contributed by atoms with Crippen molar-refractivity contribution in [3.63, 3.8) is 0 Å². The lowest BCUT2D eigenvalue weighted by atomic mass is 10.1. The second-order valence-electron chi connectivity index (χ2n) is 6.24. The van der Waals surface area contributed by atoms with E-state index in [1.807, 2.05) is 30.3 Å². The number of halogens is 1. The van der Waals surface area contributed by atoms with Gasteiger partial charge in [-0.2, -0.15) is 0 Å². The van der Waals surface area contributed by atoms with E-state index in [2.05, 4.69) is 20.3 Å². The first kappa shape index (κ1) is 17.4. The highest BCUT2D eigenvalue weighted by atomic mass is 19.1. The summed E-state index contributed by atoms with van der Waals surface area (Å²) in [4.78, 5) is 12.5. The minimum absolute atomic E-state index is 0.208. The van der Waals surface area contributed by atoms with E-state index in [4.69, 9.17) is 9.47 Å². The predicted molar refractivity (Wildman–Crippen MR) is 99.4 cm³/mol. The molecule has 138 valence electrons. The molecule has 3 heterocycles. The largest absolute Gasteiger partial charge is 0.490 e. The monoisotopic (exact) mass is 366 g/mol. The zero-order valence-electron chi connectivity index (χ0n) is 14.6. The summed E-state index contributed by atoms with van der Waals surface area (Å²) in [6.07, 6.45) is 6.35. The minimum Gasteiger partial charge on any atom is -0.490 e. The third kappa shape index (κ3) is 4.57. The fourth-order valence-electron chi connectivity index (χ4n) is 2.88. The van der Waals surface area contributed by atoms with E-state index in [0.717, 1.165) is 49.3 Å². The standard InChI is InChI=1S/C20H19FN4O2/c21-15-11-16(13-22-12-15)24-20-23-8-5-19(25-20)14-1-3-17(4-2-14)27-18-6-9-26-10-7-18/h1-5,8,11-13,18H,6-7,9-10H2,(H,23,24,25). The van der Waals surface area contributed by atoms with Crippen molar-refractivity contribution in [3.8, 4) is 17.0 Å². The SMILES string of the molecule is Fc1cncc(Nc2nccc(-c3ccc(OC4CCOCC4)cc3)n2)c1. The molecule has 7 heteroatoms. The van der Waals surface area contributed by atoms with E-state index in [-0.39, 0.29) is 6.10 Å². The molecule has 1 saturated heterocycles. The van der Waals surface area contributed by atoms with Gasteiger partial charge >= 0.3 is 0 Å². The number of nitrogens with one attached hydrogen (secondary N) is 1. The van der Waals surface area contributed by atoms with E-state index in [1.54, 1.807) is 6.20 Å². The van der Waals surface area contributed by atoms with E-state index in [1.165, 1.54) is 12.3 Å². The van der Waals surface area contributed by atoms with E-state index >= 15 is 0 Å². The molecule has 0 atom stereocenters. The van der Waals surface area contributed by atoms with Crippen molar-refractivity contribution in [2.75, 3.05) is 18.5 Å². The number of pyridine rings is 1. The Bertz CT molecular complexity index is 898. The molecule has 4 rings (SSSR count). The van der Waals surface area contributed by atoms with Gasteiger partial charge in [0.1, 0.15) is 17.7 Å². The summed E-state index contributed by atoms with van der Waals surface area (Å²) in [5, 5.41) is 2.96. The van der Waals surface area contributed by atoms with Crippen LogP contribution in [0.3, 0.4) is 0 Å². The van der Waals surface area contributed by atoms with Crippen LogP contribution in [0.1, 0.15) is 12.8 Å². The van der Waals surface area contributed by atoms with Gasteiger partial charge in [-0.05, 0) is 30.3 Å². The Balaban J connectivity index is 1.46. The van der Waals surface area contributed by atoms with Gasteiger partial charge in [0, 0.05) is 30.7 Å². The molecule has 3 aromatic rings. The maximum absolute atomic E-state index is 13.3. The zero-order chi connectivity index (χ0) is 18.5. The summed E-state index contributed by atoms with van der Waals surface area (Å²) in [6, 6.07) is 11.0. The molecule has 1 aliphatic rings. The highest BCUT2D eigenvalue weighted by molar-refractivity contribution is 5.62. The predicted octanol–water partition coefficient (Wildman–Crippen LogP) is 3.98. The highest BCUT2D eigenvalue weighted by Crippen LogP contribution is 2.24. The van der Waals surface area contributed by atoms with Crippen LogP contribution in [0.15, 0.2) is 55.0 Å². The topological polar surface area (TPSA) is 69.2 Å². The maximum atomic E-state index is 13.3. The van der Waals surface area contributed by atoms with Crippen LogP contribution in [0.2, 0.25) is 0 Å². The smallest absolute Gasteiger partial charge is 0.227 e. The molecule has 1 fully saturated rings. The molecule has 0 aliphatic carbocycles. The molecule has 0 spiro atoms. The van der Waals surface area contributed by atoms with Crippen LogP contribution in [-0.2, 0) is 4.74 Å². The molecule has 0 amide bonds. The number of benzene rings is 1. The zero-order valence-corrected chi connectivity index (χ0v) is 14.6. The molecule has 1 aromatic carbocycles. The summed E-state index contributed by atoms with van der Waals surface area (Å²) in [5.41, 5.74) is 2.19. The maximum Gasteiger partial charge on any atom is 0.227 e. The van der Waals surface area contributed by atoms with Gasteiger partial charge in [-0.25, -0.2) is 14.4 Å². The second-order valence-corrected chi connectivity index (χ2v) is 6.24. The number of hydrogen-bond donors (Lipinski definition) is 1. The first-order chi connectivity index (χ1) is 13.3. The summed E-state index contributed by atoms with van der Waals surface area (Å²) < 4.78 is 24.6. The summed E-state index contributed by atoms with van der Waals surface area (Å²) in [6.45, 7) is 1.50. The first-order valence-electron chi connectivity index (χ1n) is 8.82. The molecule has 1 N–H and O–H groups in total. The van der Waals surface area contributed by atoms with Crippen LogP contribution >= 0.6 is 0 Å². The van der Waals surface area contributed by atoms with Crippen LogP contribution in [-0.4, -0.2) is 34.3 Å². The lowest BCUT2D eigenvalue weighted by Crippen LogP contribution is -2.25. The summed E-state index contributed by atoms with van der Waals surface area (Å²) in [5.74, 6) is 0.794. The van der Waals surface area contributed by atoms with Crippen molar-refractivity contribution in [2.45, 2.75) is 18.9 Å². The average molecular weight is 366 g/mol. The Labute approximate surface area is 156 Å². The number of nitrogens with zero attached hydrogens (tertiary/aromatic N) is 3. The van der Waals surface area contributed by atoms with Gasteiger partial charge in [-0.15, -0.1) is 0 Å². The van der Waals surface area contributed by atoms with Crippen LogP contribution in [0.25, 0.3) is 11.3 Å². The summed E-state index contributed by atoms with van der Waals surface area (Å²) in [7, 11) is 0. The number of anilines is 2. The third-order valence-electron chi connectivity index (χ3n) is 4.24. The van der Waals surface area contributed by atoms with Crippen molar-refractivity contribution in [3.05, 3.63) is 60.8 Å². The molecule has 0 radical (unpaired) electrons. The first-order valence-corrected chi connectivity index (χ1v) is 8.82. The van der Waals surface area contributed by atoms with Crippen molar-refractivity contribution in [2.24, 2.45) is 0 Å². The van der Waals surface area contributed by atoms with Crippen LogP contribution in [0.4, 0.5) is 16.0 Å². The number of rotatable bonds is 5. The normalized spacial score (nSPS) is 14.7. The van der Waals surface area contributed by atoms with Gasteiger partial charge in [0.05, 0.1) is 37.0 Å². The van der Waals surface area contributed by atoms with Gasteiger partial charge in [0.2, 0.25) is 5.95 Å². The molecule has 0 unspecified atom stereocenters. The summed E-state index contributed by atoms with van der Waals surface area (Å²) >= 11 is 0. The third-order valence-corrected chi connectivity index (χ3v) is 4.24. The second kappa shape index (κ2) is 8.09. The molecular formula is C20H19FN4O2. The number of hydrogen-bond acceptors (Lipinski definition) is 6. The highest BCUT2D eigenvalue weighted by Gasteiger charge is 2.15. The Morgan fingerprint density at radius 2 is 1.89 bits per heavy atom. The molecule has 0 bridgehead atoms. The van der Waals surface area contributed by atoms with Crippen molar-refractivity contribution < 1.29 is 13.9 Å². The van der Waals surface area contributed by atoms with Crippen LogP contribution in [0.5, 0.6) is 5.75 Å². The van der Waals surface area contributed by atoms with Crippen LogP contribution in [0, 0.1) is 5.82 Å². The Hall–Kier alpha value is -3.06.